The maximum atomic E-state index is 10.2. The molecule has 0 radical (unpaired) electrons. The molecule has 6 rings (SSSR count). The SMILES string of the molecule is CC=CC(=CC)C1C=Cc2sc(C3(Nc4ccc(N5CCC(COC6=CC=C(C)CC(C(O)OC)=C6)CC5)nc4)CO3)c(C)c2C1. The largest absolute Gasteiger partial charge is 0.493 e. The molecule has 0 spiro atoms. The molecule has 2 saturated heterocycles. The zero-order valence-corrected chi connectivity index (χ0v) is 28.5. The minimum Gasteiger partial charge on any atom is -0.493 e. The third kappa shape index (κ3) is 7.10. The monoisotopic (exact) mass is 641 g/mol. The fourth-order valence-corrected chi connectivity index (χ4v) is 8.07. The summed E-state index contributed by atoms with van der Waals surface area (Å²) >= 11 is 1.85. The Bertz CT molecular complexity index is 1580. The average Bonchev–Trinajstić information content (AvgIpc) is 3.82. The van der Waals surface area contributed by atoms with Gasteiger partial charge in [-0.15, -0.1) is 11.3 Å². The van der Waals surface area contributed by atoms with E-state index < -0.39 is 12.0 Å². The zero-order chi connectivity index (χ0) is 32.3. The van der Waals surface area contributed by atoms with E-state index in [1.165, 1.54) is 33.6 Å². The highest BCUT2D eigenvalue weighted by Crippen LogP contribution is 2.48. The fraction of sp³-hybridized carbons (Fsp3) is 0.447. The van der Waals surface area contributed by atoms with Crippen LogP contribution in [-0.2, 0) is 26.4 Å². The first-order chi connectivity index (χ1) is 22.3. The third-order valence-electron chi connectivity index (χ3n) is 9.53. The number of ether oxygens (including phenoxy) is 3. The van der Waals surface area contributed by atoms with Crippen LogP contribution in [0, 0.1) is 18.8 Å². The van der Waals surface area contributed by atoms with Crippen LogP contribution >= 0.6 is 11.3 Å². The van der Waals surface area contributed by atoms with Crippen LogP contribution in [0.5, 0.6) is 0 Å². The number of methoxy groups -OCH3 is 1. The zero-order valence-electron chi connectivity index (χ0n) is 27.7. The Kier molecular flexibility index (Phi) is 9.99. The van der Waals surface area contributed by atoms with Crippen LogP contribution in [0.1, 0.15) is 60.9 Å². The molecular weight excluding hydrogens is 595 g/mol. The molecule has 0 aromatic carbocycles. The van der Waals surface area contributed by atoms with Crippen molar-refractivity contribution in [1.29, 1.82) is 0 Å². The van der Waals surface area contributed by atoms with E-state index in [1.54, 1.807) is 0 Å². The number of fused-ring (bicyclic) bond motifs is 1. The van der Waals surface area contributed by atoms with Gasteiger partial charge in [-0.1, -0.05) is 36.0 Å². The molecule has 2 aliphatic carbocycles. The summed E-state index contributed by atoms with van der Waals surface area (Å²) in [6.07, 6.45) is 22.0. The van der Waals surface area contributed by atoms with Crippen LogP contribution in [0.2, 0.25) is 0 Å². The number of hydrogen-bond donors (Lipinski definition) is 2. The summed E-state index contributed by atoms with van der Waals surface area (Å²) in [5.41, 5.74) is 6.64. The van der Waals surface area contributed by atoms with Gasteiger partial charge in [-0.3, -0.25) is 0 Å². The number of nitrogens with zero attached hydrogens (tertiary/aromatic N) is 2. The van der Waals surface area contributed by atoms with Crippen molar-refractivity contribution in [2.24, 2.45) is 11.8 Å². The lowest BCUT2D eigenvalue weighted by molar-refractivity contribution is -0.0462. The Morgan fingerprint density at radius 3 is 2.72 bits per heavy atom. The molecule has 0 bridgehead atoms. The fourth-order valence-electron chi connectivity index (χ4n) is 6.73. The molecule has 4 aliphatic rings. The number of hydrogen-bond acceptors (Lipinski definition) is 8. The quantitative estimate of drug-likeness (QED) is 0.147. The highest BCUT2D eigenvalue weighted by Gasteiger charge is 2.50. The van der Waals surface area contributed by atoms with Crippen molar-refractivity contribution in [3.8, 4) is 0 Å². The molecule has 4 heterocycles. The predicted octanol–water partition coefficient (Wildman–Crippen LogP) is 7.81. The number of allylic oxidation sites excluding steroid dienone is 9. The number of thiophene rings is 1. The van der Waals surface area contributed by atoms with Gasteiger partial charge in [0.15, 0.2) is 12.0 Å². The molecule has 7 nitrogen and oxygen atoms in total. The molecule has 244 valence electrons. The van der Waals surface area contributed by atoms with Crippen LogP contribution in [0.15, 0.2) is 83.3 Å². The summed E-state index contributed by atoms with van der Waals surface area (Å²) in [7, 11) is 1.51. The minimum atomic E-state index is -0.913. The second-order valence-corrected chi connectivity index (χ2v) is 13.9. The van der Waals surface area contributed by atoms with E-state index >= 15 is 0 Å². The number of pyridine rings is 1. The Morgan fingerprint density at radius 1 is 1.24 bits per heavy atom. The number of piperidine rings is 1. The van der Waals surface area contributed by atoms with Crippen LogP contribution < -0.4 is 10.2 Å². The average molecular weight is 642 g/mol. The van der Waals surface area contributed by atoms with Gasteiger partial charge in [-0.25, -0.2) is 4.98 Å². The Morgan fingerprint density at radius 2 is 2.04 bits per heavy atom. The van der Waals surface area contributed by atoms with E-state index in [1.807, 2.05) is 29.7 Å². The lowest BCUT2D eigenvalue weighted by Gasteiger charge is -2.32. The number of nitrogens with one attached hydrogen (secondary N) is 1. The van der Waals surface area contributed by atoms with Gasteiger partial charge in [0.05, 0.1) is 23.4 Å². The number of aliphatic hydroxyl groups excluding tert-OH is 1. The smallest absolute Gasteiger partial charge is 0.198 e. The maximum absolute atomic E-state index is 10.2. The molecule has 2 aliphatic heterocycles. The van der Waals surface area contributed by atoms with E-state index in [0.29, 0.717) is 31.5 Å². The number of rotatable bonds is 11. The van der Waals surface area contributed by atoms with Gasteiger partial charge < -0.3 is 29.5 Å². The lowest BCUT2D eigenvalue weighted by atomic mass is 9.85. The van der Waals surface area contributed by atoms with Crippen LogP contribution in [0.25, 0.3) is 6.08 Å². The van der Waals surface area contributed by atoms with Crippen LogP contribution in [0.4, 0.5) is 11.5 Å². The van der Waals surface area contributed by atoms with Gasteiger partial charge >= 0.3 is 0 Å². The predicted molar refractivity (Wildman–Crippen MR) is 188 cm³/mol. The molecule has 2 fully saturated rings. The van der Waals surface area contributed by atoms with Crippen molar-refractivity contribution in [3.05, 3.63) is 104 Å². The summed E-state index contributed by atoms with van der Waals surface area (Å²) < 4.78 is 17.4. The first-order valence-corrected chi connectivity index (χ1v) is 17.3. The molecule has 0 saturated carbocycles. The highest BCUT2D eigenvalue weighted by atomic mass is 32.1. The molecule has 46 heavy (non-hydrogen) atoms. The number of anilines is 2. The van der Waals surface area contributed by atoms with E-state index in [4.69, 9.17) is 19.2 Å². The third-order valence-corrected chi connectivity index (χ3v) is 11.0. The summed E-state index contributed by atoms with van der Waals surface area (Å²) in [5, 5.41) is 13.9. The van der Waals surface area contributed by atoms with Crippen molar-refractivity contribution in [2.45, 2.75) is 65.4 Å². The van der Waals surface area contributed by atoms with Gasteiger partial charge in [0, 0.05) is 31.0 Å². The second-order valence-electron chi connectivity index (χ2n) is 12.8. The molecule has 2 aromatic rings. The van der Waals surface area contributed by atoms with E-state index in [2.05, 4.69) is 86.5 Å². The minimum absolute atomic E-state index is 0.412. The molecule has 3 atom stereocenters. The molecule has 3 unspecified atom stereocenters. The van der Waals surface area contributed by atoms with Crippen LogP contribution in [0.3, 0.4) is 0 Å². The van der Waals surface area contributed by atoms with Gasteiger partial charge in [-0.2, -0.15) is 0 Å². The summed E-state index contributed by atoms with van der Waals surface area (Å²) in [4.78, 5) is 9.83. The molecule has 2 aromatic heterocycles. The number of epoxide rings is 1. The van der Waals surface area contributed by atoms with Gasteiger partial charge in [0.2, 0.25) is 0 Å². The van der Waals surface area contributed by atoms with Gasteiger partial charge in [0.25, 0.3) is 0 Å². The Hall–Kier alpha value is -3.43. The topological polar surface area (TPSA) is 79.4 Å². The van der Waals surface area contributed by atoms with Crippen molar-refractivity contribution in [2.75, 3.05) is 43.6 Å². The van der Waals surface area contributed by atoms with Crippen molar-refractivity contribution in [3.63, 3.8) is 0 Å². The standard InChI is InChI=1S/C38H47N3O4S/c1-6-8-28(7-2)29-10-13-34-33(21-29)26(4)36(46-34)38(24-45-38)40-31-11-14-35(39-22-31)41-17-15-27(16-18-41)23-44-32-12-9-25(3)19-30(20-32)37(42)43-5/h6-14,20,22,27,29,37,40,42H,15-19,21,23-24H2,1-5H3. The van der Waals surface area contributed by atoms with Crippen molar-refractivity contribution < 1.29 is 19.3 Å². The summed E-state index contributed by atoms with van der Waals surface area (Å²) in [6, 6.07) is 4.24. The first-order valence-electron chi connectivity index (χ1n) is 16.5. The maximum Gasteiger partial charge on any atom is 0.198 e. The first kappa shape index (κ1) is 32.5. The van der Waals surface area contributed by atoms with Gasteiger partial charge in [-0.05, 0) is 112 Å². The number of aromatic nitrogens is 1. The molecule has 0 amide bonds. The molecule has 2 N–H and O–H groups in total. The number of aliphatic hydroxyl groups is 1. The van der Waals surface area contributed by atoms with E-state index in [9.17, 15) is 5.11 Å². The summed E-state index contributed by atoms with van der Waals surface area (Å²) in [5.74, 6) is 2.66. The van der Waals surface area contributed by atoms with Crippen molar-refractivity contribution >= 4 is 28.9 Å². The highest BCUT2D eigenvalue weighted by molar-refractivity contribution is 7.13. The van der Waals surface area contributed by atoms with E-state index in [0.717, 1.165) is 60.8 Å². The van der Waals surface area contributed by atoms with Crippen LogP contribution in [-0.4, -0.2) is 49.8 Å². The normalized spacial score (nSPS) is 24.2. The Balaban J connectivity index is 1.03. The van der Waals surface area contributed by atoms with Crippen molar-refractivity contribution in [1.82, 2.24) is 4.98 Å². The van der Waals surface area contributed by atoms with Gasteiger partial charge in [0.1, 0.15) is 18.2 Å². The van der Waals surface area contributed by atoms with E-state index in [-0.39, 0.29) is 0 Å². The second kappa shape index (κ2) is 14.1. The Labute approximate surface area is 277 Å². The lowest BCUT2D eigenvalue weighted by Crippen LogP contribution is -2.35. The molecular formula is C38H47N3O4S. The molecule has 8 heteroatoms. The summed E-state index contributed by atoms with van der Waals surface area (Å²) in [6.45, 7) is 11.7.